The molecule has 4 nitrogen and oxygen atoms in total. The first-order valence-electron chi connectivity index (χ1n) is 8.10. The van der Waals surface area contributed by atoms with Gasteiger partial charge in [-0.1, -0.05) is 6.92 Å². The van der Waals surface area contributed by atoms with Gasteiger partial charge in [0.05, 0.1) is 28.6 Å². The van der Waals surface area contributed by atoms with Crippen molar-refractivity contribution < 1.29 is 4.74 Å². The van der Waals surface area contributed by atoms with Crippen LogP contribution in [0.3, 0.4) is 0 Å². The van der Waals surface area contributed by atoms with Gasteiger partial charge in [0.1, 0.15) is 0 Å². The molecule has 2 atom stereocenters. The van der Waals surface area contributed by atoms with Gasteiger partial charge in [0.2, 0.25) is 0 Å². The Bertz CT molecular complexity index is 490. The Morgan fingerprint density at radius 2 is 2.10 bits per heavy atom. The van der Waals surface area contributed by atoms with Crippen molar-refractivity contribution in [2.45, 2.75) is 71.6 Å². The van der Waals surface area contributed by atoms with Gasteiger partial charge in [0.25, 0.3) is 0 Å². The molecule has 0 bridgehead atoms. The fraction of sp³-hybridized carbons (Fsp3) is 0.824. The Morgan fingerprint density at radius 1 is 1.43 bits per heavy atom. The summed E-state index contributed by atoms with van der Waals surface area (Å²) in [6, 6.07) is 2.49. The average Bonchev–Trinajstić information content (AvgIpc) is 2.76. The summed E-state index contributed by atoms with van der Waals surface area (Å²) < 4.78 is 8.33. The van der Waals surface area contributed by atoms with Crippen LogP contribution in [0.5, 0.6) is 0 Å². The maximum atomic E-state index is 6.31. The highest BCUT2D eigenvalue weighted by atomic mass is 16.5. The monoisotopic (exact) mass is 293 g/mol. The van der Waals surface area contributed by atoms with E-state index in [2.05, 4.69) is 58.0 Å². The van der Waals surface area contributed by atoms with Gasteiger partial charge in [-0.05, 0) is 60.1 Å². The van der Waals surface area contributed by atoms with Crippen LogP contribution in [0.25, 0.3) is 0 Å². The zero-order valence-corrected chi connectivity index (χ0v) is 14.7. The first-order valence-corrected chi connectivity index (χ1v) is 8.10. The number of hydrogen-bond donors (Lipinski definition) is 1. The summed E-state index contributed by atoms with van der Waals surface area (Å²) >= 11 is 0. The maximum Gasteiger partial charge on any atom is 0.0681 e. The fourth-order valence-corrected chi connectivity index (χ4v) is 3.80. The van der Waals surface area contributed by atoms with Crippen LogP contribution < -0.4 is 5.32 Å². The second-order valence-corrected chi connectivity index (χ2v) is 7.54. The summed E-state index contributed by atoms with van der Waals surface area (Å²) in [4.78, 5) is 0. The summed E-state index contributed by atoms with van der Waals surface area (Å²) in [5.74, 6) is 0.439. The Labute approximate surface area is 129 Å². The van der Waals surface area contributed by atoms with Gasteiger partial charge in [0.15, 0.2) is 0 Å². The van der Waals surface area contributed by atoms with Crippen molar-refractivity contribution in [1.29, 1.82) is 0 Å². The summed E-state index contributed by atoms with van der Waals surface area (Å²) in [6.45, 7) is 14.1. The van der Waals surface area contributed by atoms with Crippen LogP contribution in [0.4, 0.5) is 0 Å². The molecule has 0 aliphatic carbocycles. The molecule has 4 heteroatoms. The van der Waals surface area contributed by atoms with E-state index >= 15 is 0 Å². The molecule has 2 unspecified atom stereocenters. The van der Waals surface area contributed by atoms with Gasteiger partial charge < -0.3 is 10.1 Å². The van der Waals surface area contributed by atoms with Crippen LogP contribution in [0.2, 0.25) is 0 Å². The Kier molecular flexibility index (Phi) is 4.50. The van der Waals surface area contributed by atoms with E-state index in [1.54, 1.807) is 0 Å². The third-order valence-corrected chi connectivity index (χ3v) is 4.52. The zero-order chi connectivity index (χ0) is 15.8. The van der Waals surface area contributed by atoms with Crippen molar-refractivity contribution in [3.05, 3.63) is 17.5 Å². The number of rotatable bonds is 5. The van der Waals surface area contributed by atoms with Crippen molar-refractivity contribution in [2.24, 2.45) is 13.0 Å². The fourth-order valence-electron chi connectivity index (χ4n) is 3.80. The van der Waals surface area contributed by atoms with E-state index in [9.17, 15) is 0 Å². The molecule has 0 radical (unpaired) electrons. The minimum Gasteiger partial charge on any atom is -0.369 e. The van der Waals surface area contributed by atoms with Gasteiger partial charge in [-0.2, -0.15) is 5.10 Å². The average molecular weight is 293 g/mol. The topological polar surface area (TPSA) is 39.1 Å². The van der Waals surface area contributed by atoms with E-state index < -0.39 is 0 Å². The lowest BCUT2D eigenvalue weighted by atomic mass is 9.80. The number of nitrogens with one attached hydrogen (secondary N) is 1. The molecule has 1 aromatic rings. The Morgan fingerprint density at radius 3 is 2.52 bits per heavy atom. The molecular formula is C17H31N3O. The van der Waals surface area contributed by atoms with Gasteiger partial charge >= 0.3 is 0 Å². The van der Waals surface area contributed by atoms with Crippen LogP contribution in [0.1, 0.15) is 64.9 Å². The highest BCUT2D eigenvalue weighted by molar-refractivity contribution is 5.17. The Balaban J connectivity index is 2.34. The van der Waals surface area contributed by atoms with Gasteiger partial charge in [0, 0.05) is 13.0 Å². The van der Waals surface area contributed by atoms with E-state index in [0.29, 0.717) is 5.92 Å². The van der Waals surface area contributed by atoms with Crippen molar-refractivity contribution in [2.75, 3.05) is 6.54 Å². The number of aryl methyl sites for hydroxylation is 2. The van der Waals surface area contributed by atoms with E-state index in [1.165, 1.54) is 5.69 Å². The van der Waals surface area contributed by atoms with Crippen LogP contribution in [0, 0.1) is 12.8 Å². The molecular weight excluding hydrogens is 262 g/mol. The second-order valence-electron chi connectivity index (χ2n) is 7.54. The number of ether oxygens (including phenoxy) is 1. The lowest BCUT2D eigenvalue weighted by Gasteiger charge is -2.33. The SMILES string of the molecule is CCCNC(c1cc(C)nn1C)C1CC(C)(C)OC1(C)C. The molecule has 21 heavy (non-hydrogen) atoms. The predicted octanol–water partition coefficient (Wildman–Crippen LogP) is 3.36. The van der Waals surface area contributed by atoms with Crippen LogP contribution in [0.15, 0.2) is 6.07 Å². The van der Waals surface area contributed by atoms with Crippen LogP contribution in [-0.2, 0) is 11.8 Å². The molecule has 1 fully saturated rings. The maximum absolute atomic E-state index is 6.31. The zero-order valence-electron chi connectivity index (χ0n) is 14.7. The van der Waals surface area contributed by atoms with E-state index in [-0.39, 0.29) is 17.2 Å². The predicted molar refractivity (Wildman–Crippen MR) is 86.3 cm³/mol. The number of aromatic nitrogens is 2. The molecule has 0 amide bonds. The molecule has 1 N–H and O–H groups in total. The minimum absolute atomic E-state index is 0.0616. The first kappa shape index (κ1) is 16.5. The molecule has 1 aromatic heterocycles. The highest BCUT2D eigenvalue weighted by Crippen LogP contribution is 2.47. The largest absolute Gasteiger partial charge is 0.369 e. The molecule has 1 aliphatic rings. The van der Waals surface area contributed by atoms with Gasteiger partial charge in [-0.25, -0.2) is 0 Å². The standard InChI is InChI=1S/C17H31N3O/c1-8-9-18-15(14-10-12(2)19-20(14)7)13-11-16(3,4)21-17(13,5)6/h10,13,15,18H,8-9,11H2,1-7H3. The van der Waals surface area contributed by atoms with Gasteiger partial charge in [-0.15, -0.1) is 0 Å². The summed E-state index contributed by atoms with van der Waals surface area (Å²) in [7, 11) is 2.04. The molecule has 1 aliphatic heterocycles. The van der Waals surface area contributed by atoms with Crippen molar-refractivity contribution in [3.63, 3.8) is 0 Å². The van der Waals surface area contributed by atoms with Crippen LogP contribution >= 0.6 is 0 Å². The molecule has 0 spiro atoms. The van der Waals surface area contributed by atoms with E-state index in [0.717, 1.165) is 25.1 Å². The molecule has 2 heterocycles. The molecule has 1 saturated heterocycles. The number of hydrogen-bond acceptors (Lipinski definition) is 3. The first-order chi connectivity index (χ1) is 9.66. The second kappa shape index (κ2) is 5.73. The summed E-state index contributed by atoms with van der Waals surface area (Å²) in [5, 5.41) is 8.27. The third kappa shape index (κ3) is 3.49. The molecule has 120 valence electrons. The van der Waals surface area contributed by atoms with Gasteiger partial charge in [-0.3, -0.25) is 4.68 Å². The van der Waals surface area contributed by atoms with Crippen molar-refractivity contribution >= 4 is 0 Å². The smallest absolute Gasteiger partial charge is 0.0681 e. The summed E-state index contributed by atoms with van der Waals surface area (Å²) in [6.07, 6.45) is 2.19. The molecule has 0 saturated carbocycles. The van der Waals surface area contributed by atoms with Crippen molar-refractivity contribution in [1.82, 2.24) is 15.1 Å². The highest BCUT2D eigenvalue weighted by Gasteiger charge is 2.49. The van der Waals surface area contributed by atoms with E-state index in [1.807, 2.05) is 11.7 Å². The number of nitrogens with zero attached hydrogens (tertiary/aromatic N) is 2. The summed E-state index contributed by atoms with van der Waals surface area (Å²) in [5.41, 5.74) is 2.15. The van der Waals surface area contributed by atoms with Crippen molar-refractivity contribution in [3.8, 4) is 0 Å². The molecule has 2 rings (SSSR count). The lowest BCUT2D eigenvalue weighted by Crippen LogP contribution is -2.39. The molecule has 0 aromatic carbocycles. The third-order valence-electron chi connectivity index (χ3n) is 4.52. The lowest BCUT2D eigenvalue weighted by molar-refractivity contribution is -0.0780. The minimum atomic E-state index is -0.132. The Hall–Kier alpha value is -0.870. The normalized spacial score (nSPS) is 25.2. The van der Waals surface area contributed by atoms with Crippen LogP contribution in [-0.4, -0.2) is 27.5 Å². The van der Waals surface area contributed by atoms with E-state index in [4.69, 9.17) is 4.74 Å². The quantitative estimate of drug-likeness (QED) is 0.904.